The minimum absolute atomic E-state index is 0.126. The number of para-hydroxylation sites is 2. The zero-order valence-corrected chi connectivity index (χ0v) is 19.9. The van der Waals surface area contributed by atoms with Gasteiger partial charge in [0, 0.05) is 18.1 Å². The second kappa shape index (κ2) is 10.8. The van der Waals surface area contributed by atoms with Crippen LogP contribution in [-0.4, -0.2) is 21.6 Å². The molecule has 0 spiro atoms. The summed E-state index contributed by atoms with van der Waals surface area (Å²) in [5, 5.41) is 3.63. The Balaban J connectivity index is 0.000000185. The van der Waals surface area contributed by atoms with Gasteiger partial charge in [0.1, 0.15) is 0 Å². The molecule has 2 aromatic rings. The summed E-state index contributed by atoms with van der Waals surface area (Å²) in [4.78, 5) is 27.0. The van der Waals surface area contributed by atoms with Gasteiger partial charge in [-0.05, 0) is 56.1 Å². The molecule has 176 valence electrons. The lowest BCUT2D eigenvalue weighted by molar-refractivity contribution is 0.188. The largest absolute Gasteiger partial charge is 0.316 e. The summed E-state index contributed by atoms with van der Waals surface area (Å²) in [6.45, 7) is 4.00. The number of hydrogen-bond acceptors (Lipinski definition) is 3. The van der Waals surface area contributed by atoms with E-state index in [1.165, 1.54) is 32.1 Å². The lowest BCUT2D eigenvalue weighted by Gasteiger charge is -2.41. The molecule has 4 fully saturated rings. The van der Waals surface area contributed by atoms with Crippen molar-refractivity contribution in [2.75, 3.05) is 0 Å². The maximum atomic E-state index is 12.4. The quantitative estimate of drug-likeness (QED) is 0.574. The number of nitrogens with one attached hydrogen (secondary N) is 2. The van der Waals surface area contributed by atoms with Crippen LogP contribution in [0.4, 0.5) is 0 Å². The summed E-state index contributed by atoms with van der Waals surface area (Å²) in [6.07, 6.45) is 16.3. The number of aromatic nitrogens is 2. The molecule has 3 heterocycles. The third-order valence-electron chi connectivity index (χ3n) is 8.00. The molecule has 5 heteroatoms. The number of H-pyrrole nitrogens is 1. The van der Waals surface area contributed by atoms with Gasteiger partial charge in [0.2, 0.25) is 0 Å². The van der Waals surface area contributed by atoms with Gasteiger partial charge in [-0.1, -0.05) is 70.9 Å². The van der Waals surface area contributed by atoms with Crippen LogP contribution >= 0.6 is 0 Å². The van der Waals surface area contributed by atoms with Crippen LogP contribution in [0, 0.1) is 11.8 Å². The van der Waals surface area contributed by atoms with Gasteiger partial charge in [-0.25, -0.2) is 0 Å². The van der Waals surface area contributed by atoms with E-state index in [1.54, 1.807) is 36.7 Å². The average molecular weight is 440 g/mol. The Morgan fingerprint density at radius 2 is 1.34 bits per heavy atom. The molecule has 32 heavy (non-hydrogen) atoms. The molecule has 0 amide bonds. The molecule has 6 rings (SSSR count). The topological polar surface area (TPSA) is 66.9 Å². The monoisotopic (exact) mass is 439 g/mol. The van der Waals surface area contributed by atoms with E-state index in [1.807, 2.05) is 38.1 Å². The van der Waals surface area contributed by atoms with Crippen molar-refractivity contribution in [2.24, 2.45) is 11.8 Å². The lowest BCUT2D eigenvalue weighted by atomic mass is 9.72. The zero-order valence-electron chi connectivity index (χ0n) is 19.9. The van der Waals surface area contributed by atoms with E-state index in [0.29, 0.717) is 12.1 Å². The first kappa shape index (κ1) is 23.3. The third-order valence-corrected chi connectivity index (χ3v) is 8.00. The normalized spacial score (nSPS) is 31.0. The molecule has 2 saturated carbocycles. The van der Waals surface area contributed by atoms with E-state index in [-0.39, 0.29) is 6.04 Å². The van der Waals surface area contributed by atoms with Crippen LogP contribution in [0.3, 0.4) is 0 Å². The van der Waals surface area contributed by atoms with Gasteiger partial charge in [-0.15, -0.1) is 0 Å². The number of benzene rings is 1. The molecule has 5 nitrogen and oxygen atoms in total. The summed E-state index contributed by atoms with van der Waals surface area (Å²) in [6, 6.07) is 8.66. The molecular formula is C27H41N3O2. The van der Waals surface area contributed by atoms with Crippen molar-refractivity contribution >= 4 is 11.0 Å². The first-order chi connectivity index (χ1) is 15.7. The number of aromatic amines is 1. The summed E-state index contributed by atoms with van der Waals surface area (Å²) >= 11 is 0. The average Bonchev–Trinajstić information content (AvgIpc) is 2.81. The van der Waals surface area contributed by atoms with Gasteiger partial charge in [-0.3, -0.25) is 14.2 Å². The van der Waals surface area contributed by atoms with E-state index in [2.05, 4.69) is 10.3 Å². The minimum Gasteiger partial charge on any atom is -0.316 e. The molecule has 1 aromatic heterocycles. The number of piperidine rings is 2. The van der Waals surface area contributed by atoms with E-state index < -0.39 is 11.1 Å². The van der Waals surface area contributed by atoms with E-state index in [4.69, 9.17) is 0 Å². The van der Waals surface area contributed by atoms with Crippen molar-refractivity contribution in [3.8, 4) is 0 Å². The van der Waals surface area contributed by atoms with Gasteiger partial charge in [0.15, 0.2) is 0 Å². The van der Waals surface area contributed by atoms with Crippen LogP contribution in [0.1, 0.15) is 96.9 Å². The minimum atomic E-state index is -0.516. The molecule has 2 N–H and O–H groups in total. The summed E-state index contributed by atoms with van der Waals surface area (Å²) in [5.74, 6) is 2.30. The van der Waals surface area contributed by atoms with Crippen LogP contribution < -0.4 is 16.4 Å². The molecule has 2 unspecified atom stereocenters. The smallest absolute Gasteiger partial charge is 0.316 e. The van der Waals surface area contributed by atoms with Crippen molar-refractivity contribution < 1.29 is 0 Å². The van der Waals surface area contributed by atoms with Crippen molar-refractivity contribution in [1.29, 1.82) is 0 Å². The number of rotatable bonds is 1. The van der Waals surface area contributed by atoms with E-state index >= 15 is 0 Å². The molecule has 4 aliphatic rings. The van der Waals surface area contributed by atoms with Crippen LogP contribution in [0.5, 0.6) is 0 Å². The van der Waals surface area contributed by atoms with Gasteiger partial charge >= 0.3 is 11.1 Å². The van der Waals surface area contributed by atoms with Crippen LogP contribution in [0.2, 0.25) is 0 Å². The van der Waals surface area contributed by atoms with Crippen molar-refractivity contribution in [3.63, 3.8) is 0 Å². The van der Waals surface area contributed by atoms with Crippen LogP contribution in [-0.2, 0) is 0 Å². The molecule has 4 bridgehead atoms. The van der Waals surface area contributed by atoms with Crippen molar-refractivity contribution in [1.82, 2.24) is 14.9 Å². The molecule has 1 aromatic carbocycles. The maximum Gasteiger partial charge on any atom is 0.316 e. The number of fused-ring (bicyclic) bond motifs is 5. The Bertz CT molecular complexity index is 962. The SMILES string of the molecule is C1CC2CCCC(C1)C2.CC.O=c1[nH]c2ccccc2n(C2CC3CCCC(C2)N3)c1=O. The van der Waals surface area contributed by atoms with Crippen LogP contribution in [0.15, 0.2) is 33.9 Å². The fraction of sp³-hybridized carbons (Fsp3) is 0.704. The lowest BCUT2D eigenvalue weighted by Crippen LogP contribution is -2.51. The van der Waals surface area contributed by atoms with Crippen molar-refractivity contribution in [2.45, 2.75) is 109 Å². The summed E-state index contributed by atoms with van der Waals surface area (Å²) < 4.78 is 1.74. The van der Waals surface area contributed by atoms with Crippen LogP contribution in [0.25, 0.3) is 11.0 Å². The second-order valence-electron chi connectivity index (χ2n) is 10.1. The molecule has 2 aliphatic carbocycles. The van der Waals surface area contributed by atoms with E-state index in [0.717, 1.165) is 35.7 Å². The fourth-order valence-corrected chi connectivity index (χ4v) is 6.61. The van der Waals surface area contributed by atoms with Crippen molar-refractivity contribution in [3.05, 3.63) is 45.0 Å². The highest BCUT2D eigenvalue weighted by molar-refractivity contribution is 5.74. The zero-order chi connectivity index (χ0) is 22.5. The molecular weight excluding hydrogens is 398 g/mol. The highest BCUT2D eigenvalue weighted by Gasteiger charge is 2.33. The van der Waals surface area contributed by atoms with Gasteiger partial charge in [-0.2, -0.15) is 0 Å². The Hall–Kier alpha value is -1.88. The highest BCUT2D eigenvalue weighted by atomic mass is 16.2. The molecule has 2 atom stereocenters. The first-order valence-corrected chi connectivity index (χ1v) is 13.2. The fourth-order valence-electron chi connectivity index (χ4n) is 6.61. The summed E-state index contributed by atoms with van der Waals surface area (Å²) in [7, 11) is 0. The number of nitrogens with zero attached hydrogens (tertiary/aromatic N) is 1. The molecule has 2 saturated heterocycles. The maximum absolute atomic E-state index is 12.4. The second-order valence-corrected chi connectivity index (χ2v) is 10.1. The Morgan fingerprint density at radius 3 is 1.94 bits per heavy atom. The third kappa shape index (κ3) is 5.19. The first-order valence-electron chi connectivity index (χ1n) is 13.2. The van der Waals surface area contributed by atoms with Gasteiger partial charge in [0.05, 0.1) is 11.0 Å². The Labute approximate surface area is 192 Å². The predicted octanol–water partition coefficient (Wildman–Crippen LogP) is 5.54. The highest BCUT2D eigenvalue weighted by Crippen LogP contribution is 2.39. The number of hydrogen-bond donors (Lipinski definition) is 2. The standard InChI is InChI=1S/C16H19N3O2.C9H16.C2H6/c20-15-16(21)19(14-7-2-1-6-13(14)18-15)12-8-10-4-3-5-11(9-12)17-10;1-3-8-5-2-6-9(4-1)7-8;1-2/h1-2,6-7,10-12,17H,3-5,8-9H2,(H,18,20);8-9H,1-7H2;1-2H3. The Kier molecular flexibility index (Phi) is 7.88. The van der Waals surface area contributed by atoms with Gasteiger partial charge < -0.3 is 10.3 Å². The van der Waals surface area contributed by atoms with Gasteiger partial charge in [0.25, 0.3) is 0 Å². The predicted molar refractivity (Wildman–Crippen MR) is 132 cm³/mol. The molecule has 2 aliphatic heterocycles. The van der Waals surface area contributed by atoms with E-state index in [9.17, 15) is 9.59 Å². The molecule has 0 radical (unpaired) electrons. The summed E-state index contributed by atoms with van der Waals surface area (Å²) in [5.41, 5.74) is 0.647. The Morgan fingerprint density at radius 1 is 0.781 bits per heavy atom.